The number of halogens is 1. The van der Waals surface area contributed by atoms with E-state index >= 15 is 0 Å². The molecule has 8 nitrogen and oxygen atoms in total. The van der Waals surface area contributed by atoms with Gasteiger partial charge in [-0.15, -0.1) is 0 Å². The number of fused-ring (bicyclic) bond motifs is 1. The van der Waals surface area contributed by atoms with Crippen LogP contribution >= 0.6 is 0 Å². The molecule has 2 aromatic carbocycles. The molecule has 0 unspecified atom stereocenters. The molecule has 3 N–H and O–H groups in total. The third-order valence-electron chi connectivity index (χ3n) is 5.18. The topological polar surface area (TPSA) is 120 Å². The zero-order valence-corrected chi connectivity index (χ0v) is 17.3. The molecule has 0 saturated heterocycles. The van der Waals surface area contributed by atoms with Crippen LogP contribution in [0.2, 0.25) is 0 Å². The number of nitrogens with two attached hydrogens (primary N) is 1. The summed E-state index contributed by atoms with van der Waals surface area (Å²) in [4.78, 5) is 25.6. The molecule has 2 heterocycles. The lowest BCUT2D eigenvalue weighted by molar-refractivity contribution is 0.597. The normalized spacial score (nSPS) is 11.8. The highest BCUT2D eigenvalue weighted by Gasteiger charge is 2.15. The van der Waals surface area contributed by atoms with Gasteiger partial charge in [0.1, 0.15) is 5.82 Å². The lowest BCUT2D eigenvalue weighted by Gasteiger charge is -2.10. The standard InChI is InChI=1S/C21H19FN4O4S/c1-13-20-18(24-26(21(20)28)16-6-4-15(22)5-7-16)12-19(27)25(13)11-10-14-2-8-17(9-3-14)31(23,29)30/h2-9,12,24H,10-11H2,1H3,(H2,23,29,30). The SMILES string of the molecule is Cc1c2c(=O)n(-c3ccc(F)cc3)[nH]c2cc(=O)n1CCc1ccc(S(N)(=O)=O)cc1. The first kappa shape index (κ1) is 20.8. The molecule has 4 aromatic rings. The number of rotatable bonds is 5. The first-order chi connectivity index (χ1) is 14.6. The van der Waals surface area contributed by atoms with Crippen molar-refractivity contribution in [3.8, 4) is 5.69 Å². The molecule has 0 aliphatic rings. The van der Waals surface area contributed by atoms with E-state index in [9.17, 15) is 22.4 Å². The number of hydrogen-bond acceptors (Lipinski definition) is 4. The molecule has 0 saturated carbocycles. The van der Waals surface area contributed by atoms with Crippen molar-refractivity contribution in [3.63, 3.8) is 0 Å². The van der Waals surface area contributed by atoms with Crippen molar-refractivity contribution in [1.82, 2.24) is 14.3 Å². The molecular formula is C21H19FN4O4S. The van der Waals surface area contributed by atoms with Crippen LogP contribution in [0.15, 0.2) is 69.1 Å². The van der Waals surface area contributed by atoms with E-state index in [0.717, 1.165) is 5.56 Å². The first-order valence-corrected chi connectivity index (χ1v) is 10.9. The second-order valence-corrected chi connectivity index (χ2v) is 8.74. The molecule has 0 radical (unpaired) electrons. The van der Waals surface area contributed by atoms with Crippen molar-refractivity contribution in [3.05, 3.63) is 92.4 Å². The molecule has 31 heavy (non-hydrogen) atoms. The van der Waals surface area contributed by atoms with Crippen molar-refractivity contribution < 1.29 is 12.8 Å². The number of benzene rings is 2. The summed E-state index contributed by atoms with van der Waals surface area (Å²) in [5.41, 5.74) is 1.55. The van der Waals surface area contributed by atoms with Gasteiger partial charge in [0.25, 0.3) is 11.1 Å². The number of pyridine rings is 1. The number of nitrogens with zero attached hydrogens (tertiary/aromatic N) is 2. The second-order valence-electron chi connectivity index (χ2n) is 7.18. The third kappa shape index (κ3) is 3.94. The highest BCUT2D eigenvalue weighted by Crippen LogP contribution is 2.15. The van der Waals surface area contributed by atoms with Crippen molar-refractivity contribution in [2.45, 2.75) is 24.8 Å². The van der Waals surface area contributed by atoms with E-state index in [4.69, 9.17) is 5.14 Å². The molecule has 4 rings (SSSR count). The van der Waals surface area contributed by atoms with E-state index in [0.29, 0.717) is 35.2 Å². The van der Waals surface area contributed by atoms with Crippen molar-refractivity contribution >= 4 is 20.9 Å². The van der Waals surface area contributed by atoms with Crippen LogP contribution in [0.4, 0.5) is 4.39 Å². The highest BCUT2D eigenvalue weighted by atomic mass is 32.2. The summed E-state index contributed by atoms with van der Waals surface area (Å²) in [5.74, 6) is -0.416. The Balaban J connectivity index is 1.69. The molecular weight excluding hydrogens is 423 g/mol. The number of primary sulfonamides is 1. The summed E-state index contributed by atoms with van der Waals surface area (Å²) in [6, 6.07) is 12.9. The Morgan fingerprint density at radius 1 is 1.03 bits per heavy atom. The van der Waals surface area contributed by atoms with Gasteiger partial charge in [0, 0.05) is 18.3 Å². The predicted octanol–water partition coefficient (Wildman–Crippen LogP) is 1.82. The zero-order chi connectivity index (χ0) is 22.3. The van der Waals surface area contributed by atoms with E-state index < -0.39 is 15.8 Å². The lowest BCUT2D eigenvalue weighted by atomic mass is 10.1. The Kier molecular flexibility index (Phi) is 5.11. The summed E-state index contributed by atoms with van der Waals surface area (Å²) in [6.07, 6.45) is 0.452. The molecule has 160 valence electrons. The molecule has 0 fully saturated rings. The molecule has 0 spiro atoms. The minimum absolute atomic E-state index is 0.0136. The van der Waals surface area contributed by atoms with Crippen LogP contribution in [0, 0.1) is 12.7 Å². The average molecular weight is 442 g/mol. The molecule has 0 amide bonds. The van der Waals surface area contributed by atoms with Gasteiger partial charge >= 0.3 is 0 Å². The second kappa shape index (κ2) is 7.64. The summed E-state index contributed by atoms with van der Waals surface area (Å²) in [5, 5.41) is 8.37. The molecule has 10 heteroatoms. The fraction of sp³-hybridized carbons (Fsp3) is 0.143. The van der Waals surface area contributed by atoms with Crippen molar-refractivity contribution in [2.75, 3.05) is 0 Å². The van der Waals surface area contributed by atoms with Gasteiger partial charge in [-0.3, -0.25) is 14.7 Å². The monoisotopic (exact) mass is 442 g/mol. The number of hydrogen-bond donors (Lipinski definition) is 2. The van der Waals surface area contributed by atoms with E-state index in [1.807, 2.05) is 0 Å². The first-order valence-electron chi connectivity index (χ1n) is 9.38. The molecule has 0 atom stereocenters. The summed E-state index contributed by atoms with van der Waals surface area (Å²) in [7, 11) is -3.77. The van der Waals surface area contributed by atoms with E-state index in [1.165, 1.54) is 51.7 Å². The van der Waals surface area contributed by atoms with Crippen LogP contribution in [0.1, 0.15) is 11.3 Å². The van der Waals surface area contributed by atoms with Crippen LogP contribution in [0.5, 0.6) is 0 Å². The number of sulfonamides is 1. The average Bonchev–Trinajstić information content (AvgIpc) is 3.04. The summed E-state index contributed by atoms with van der Waals surface area (Å²) >= 11 is 0. The quantitative estimate of drug-likeness (QED) is 0.490. The minimum atomic E-state index is -3.77. The number of aryl methyl sites for hydroxylation is 2. The van der Waals surface area contributed by atoms with Crippen LogP contribution in [0.25, 0.3) is 16.6 Å². The van der Waals surface area contributed by atoms with E-state index in [1.54, 1.807) is 19.1 Å². The summed E-state index contributed by atoms with van der Waals surface area (Å²) in [6.45, 7) is 1.99. The highest BCUT2D eigenvalue weighted by molar-refractivity contribution is 7.89. The Labute approximate surface area is 176 Å². The molecule has 0 aliphatic carbocycles. The Morgan fingerprint density at radius 3 is 2.29 bits per heavy atom. The minimum Gasteiger partial charge on any atom is -0.312 e. The van der Waals surface area contributed by atoms with Gasteiger partial charge in [-0.1, -0.05) is 12.1 Å². The van der Waals surface area contributed by atoms with Gasteiger partial charge in [0.05, 0.1) is 21.5 Å². The van der Waals surface area contributed by atoms with Crippen LogP contribution in [0.3, 0.4) is 0 Å². The smallest absolute Gasteiger partial charge is 0.280 e. The van der Waals surface area contributed by atoms with Crippen LogP contribution in [-0.4, -0.2) is 22.8 Å². The Morgan fingerprint density at radius 2 is 1.68 bits per heavy atom. The Bertz CT molecular complexity index is 1500. The predicted molar refractivity (Wildman–Crippen MR) is 114 cm³/mol. The van der Waals surface area contributed by atoms with Crippen molar-refractivity contribution in [1.29, 1.82) is 0 Å². The zero-order valence-electron chi connectivity index (χ0n) is 16.5. The Hall–Kier alpha value is -3.50. The summed E-state index contributed by atoms with van der Waals surface area (Å²) < 4.78 is 38.7. The lowest BCUT2D eigenvalue weighted by Crippen LogP contribution is -2.24. The maximum Gasteiger partial charge on any atom is 0.280 e. The van der Waals surface area contributed by atoms with E-state index in [-0.39, 0.29) is 16.0 Å². The maximum atomic E-state index is 13.2. The van der Waals surface area contributed by atoms with Gasteiger partial charge in [-0.2, -0.15) is 0 Å². The van der Waals surface area contributed by atoms with Crippen LogP contribution in [-0.2, 0) is 23.0 Å². The van der Waals surface area contributed by atoms with Crippen LogP contribution < -0.4 is 16.3 Å². The van der Waals surface area contributed by atoms with Gasteiger partial charge < -0.3 is 4.57 Å². The van der Waals surface area contributed by atoms with Gasteiger partial charge in [0.15, 0.2) is 0 Å². The molecule has 0 bridgehead atoms. The number of nitrogens with one attached hydrogen (secondary N) is 1. The maximum absolute atomic E-state index is 13.2. The molecule has 0 aliphatic heterocycles. The van der Waals surface area contributed by atoms with Gasteiger partial charge in [-0.25, -0.2) is 22.6 Å². The largest absolute Gasteiger partial charge is 0.312 e. The number of aromatic amines is 1. The van der Waals surface area contributed by atoms with Gasteiger partial charge in [-0.05, 0) is 55.3 Å². The molecule has 2 aromatic heterocycles. The van der Waals surface area contributed by atoms with Crippen molar-refractivity contribution in [2.24, 2.45) is 5.14 Å². The van der Waals surface area contributed by atoms with Gasteiger partial charge in [0.2, 0.25) is 10.0 Å². The number of aromatic nitrogens is 3. The van der Waals surface area contributed by atoms with E-state index in [2.05, 4.69) is 5.10 Å². The fourth-order valence-electron chi connectivity index (χ4n) is 3.55. The number of H-pyrrole nitrogens is 1. The fourth-order valence-corrected chi connectivity index (χ4v) is 4.06. The third-order valence-corrected chi connectivity index (χ3v) is 6.11.